The lowest BCUT2D eigenvalue weighted by molar-refractivity contribution is 0.0736. The van der Waals surface area contributed by atoms with E-state index in [2.05, 4.69) is 11.2 Å². The SMILES string of the molecule is Cc1cc(C)n(Cc2cccc(C(=O)N3CCCC3Cc3cccc(F)c3)c2)n1. The first kappa shape index (κ1) is 19.4. The van der Waals surface area contributed by atoms with Crippen LogP contribution in [0, 0.1) is 19.7 Å². The molecule has 1 amide bonds. The highest BCUT2D eigenvalue weighted by atomic mass is 19.1. The Balaban J connectivity index is 1.50. The second-order valence-electron chi connectivity index (χ2n) is 7.91. The first-order chi connectivity index (χ1) is 14.0. The molecule has 150 valence electrons. The summed E-state index contributed by atoms with van der Waals surface area (Å²) in [5.41, 5.74) is 4.80. The molecule has 0 bridgehead atoms. The van der Waals surface area contributed by atoms with Crippen LogP contribution in [0.1, 0.15) is 45.7 Å². The first-order valence-corrected chi connectivity index (χ1v) is 10.1. The third kappa shape index (κ3) is 4.39. The lowest BCUT2D eigenvalue weighted by Crippen LogP contribution is -2.36. The number of hydrogen-bond acceptors (Lipinski definition) is 2. The number of amides is 1. The number of hydrogen-bond donors (Lipinski definition) is 0. The van der Waals surface area contributed by atoms with E-state index < -0.39 is 0 Å². The standard InChI is InChI=1S/C24H26FN3O/c1-17-12-18(2)28(26-17)16-20-7-3-8-21(13-20)24(29)27-11-5-10-23(27)15-19-6-4-9-22(25)14-19/h3-4,6-9,12-14,23H,5,10-11,15-16H2,1-2H3. The zero-order chi connectivity index (χ0) is 20.4. The van der Waals surface area contributed by atoms with Gasteiger partial charge in [0.2, 0.25) is 0 Å². The molecule has 0 radical (unpaired) electrons. The second kappa shape index (κ2) is 8.19. The summed E-state index contributed by atoms with van der Waals surface area (Å²) in [6.45, 7) is 5.42. The predicted molar refractivity (Wildman–Crippen MR) is 111 cm³/mol. The van der Waals surface area contributed by atoms with Gasteiger partial charge in [-0.3, -0.25) is 9.48 Å². The molecule has 1 unspecified atom stereocenters. The molecule has 1 fully saturated rings. The Morgan fingerprint density at radius 1 is 1.10 bits per heavy atom. The van der Waals surface area contributed by atoms with E-state index in [0.717, 1.165) is 41.9 Å². The van der Waals surface area contributed by atoms with Gasteiger partial charge in [-0.05, 0) is 74.6 Å². The summed E-state index contributed by atoms with van der Waals surface area (Å²) in [4.78, 5) is 15.2. The van der Waals surface area contributed by atoms with Gasteiger partial charge in [0.25, 0.3) is 5.91 Å². The molecule has 1 aliphatic heterocycles. The lowest BCUT2D eigenvalue weighted by Gasteiger charge is -2.25. The normalized spacial score (nSPS) is 16.4. The van der Waals surface area contributed by atoms with Crippen molar-refractivity contribution in [3.8, 4) is 0 Å². The van der Waals surface area contributed by atoms with E-state index >= 15 is 0 Å². The molecule has 3 aromatic rings. The van der Waals surface area contributed by atoms with Gasteiger partial charge in [0, 0.05) is 23.8 Å². The average molecular weight is 391 g/mol. The van der Waals surface area contributed by atoms with E-state index in [4.69, 9.17) is 0 Å². The number of benzene rings is 2. The van der Waals surface area contributed by atoms with Crippen LogP contribution in [0.5, 0.6) is 0 Å². The van der Waals surface area contributed by atoms with Gasteiger partial charge in [-0.2, -0.15) is 5.10 Å². The van der Waals surface area contributed by atoms with E-state index in [0.29, 0.717) is 18.5 Å². The van der Waals surface area contributed by atoms with Gasteiger partial charge in [0.05, 0.1) is 12.2 Å². The molecule has 5 heteroatoms. The Bertz CT molecular complexity index is 1030. The molecule has 1 aliphatic rings. The Labute approximate surface area is 171 Å². The van der Waals surface area contributed by atoms with E-state index in [-0.39, 0.29) is 17.8 Å². The number of aromatic nitrogens is 2. The summed E-state index contributed by atoms with van der Waals surface area (Å²) < 4.78 is 15.5. The first-order valence-electron chi connectivity index (χ1n) is 10.1. The quantitative estimate of drug-likeness (QED) is 0.641. The molecule has 2 heterocycles. The van der Waals surface area contributed by atoms with E-state index in [9.17, 15) is 9.18 Å². The molecule has 0 spiro atoms. The average Bonchev–Trinajstić information content (AvgIpc) is 3.27. The minimum atomic E-state index is -0.227. The fourth-order valence-corrected chi connectivity index (χ4v) is 4.23. The largest absolute Gasteiger partial charge is 0.335 e. The molecule has 29 heavy (non-hydrogen) atoms. The number of carbonyl (C=O) groups excluding carboxylic acids is 1. The zero-order valence-corrected chi connectivity index (χ0v) is 16.9. The monoisotopic (exact) mass is 391 g/mol. The summed E-state index contributed by atoms with van der Waals surface area (Å²) in [6, 6.07) is 16.7. The van der Waals surface area contributed by atoms with Crippen LogP contribution in [0.15, 0.2) is 54.6 Å². The van der Waals surface area contributed by atoms with Gasteiger partial charge >= 0.3 is 0 Å². The Morgan fingerprint density at radius 2 is 1.90 bits per heavy atom. The third-order valence-electron chi connectivity index (χ3n) is 5.61. The maximum absolute atomic E-state index is 13.5. The van der Waals surface area contributed by atoms with Gasteiger partial charge in [0.15, 0.2) is 0 Å². The van der Waals surface area contributed by atoms with Crippen molar-refractivity contribution in [3.63, 3.8) is 0 Å². The Kier molecular flexibility index (Phi) is 5.47. The van der Waals surface area contributed by atoms with Crippen LogP contribution in [0.3, 0.4) is 0 Å². The van der Waals surface area contributed by atoms with Gasteiger partial charge in [-0.15, -0.1) is 0 Å². The molecule has 4 rings (SSSR count). The topological polar surface area (TPSA) is 38.1 Å². The van der Waals surface area contributed by atoms with Crippen LogP contribution in [0.4, 0.5) is 4.39 Å². The Hall–Kier alpha value is -2.95. The smallest absolute Gasteiger partial charge is 0.254 e. The summed E-state index contributed by atoms with van der Waals surface area (Å²) in [5, 5.41) is 4.51. The van der Waals surface area contributed by atoms with Crippen molar-refractivity contribution < 1.29 is 9.18 Å². The summed E-state index contributed by atoms with van der Waals surface area (Å²) in [6.07, 6.45) is 2.62. The number of rotatable bonds is 5. The molecule has 0 saturated carbocycles. The molecular weight excluding hydrogens is 365 g/mol. The van der Waals surface area contributed by atoms with Crippen molar-refractivity contribution in [1.29, 1.82) is 0 Å². The van der Waals surface area contributed by atoms with E-state index in [1.807, 2.05) is 53.8 Å². The second-order valence-corrected chi connectivity index (χ2v) is 7.91. The van der Waals surface area contributed by atoms with Crippen molar-refractivity contribution in [2.75, 3.05) is 6.54 Å². The van der Waals surface area contributed by atoms with E-state index in [1.54, 1.807) is 12.1 Å². The molecule has 1 atom stereocenters. The fraction of sp³-hybridized carbons (Fsp3) is 0.333. The summed E-state index contributed by atoms with van der Waals surface area (Å²) in [5.74, 6) is -0.172. The highest BCUT2D eigenvalue weighted by Gasteiger charge is 2.29. The van der Waals surface area contributed by atoms with Crippen LogP contribution in [0.2, 0.25) is 0 Å². The number of aryl methyl sites for hydroxylation is 2. The molecular formula is C24H26FN3O. The molecule has 1 saturated heterocycles. The third-order valence-corrected chi connectivity index (χ3v) is 5.61. The van der Waals surface area contributed by atoms with Gasteiger partial charge in [-0.25, -0.2) is 4.39 Å². The summed E-state index contributed by atoms with van der Waals surface area (Å²) >= 11 is 0. The predicted octanol–water partition coefficient (Wildman–Crippen LogP) is 4.53. The highest BCUT2D eigenvalue weighted by Crippen LogP contribution is 2.24. The number of nitrogens with zero attached hydrogens (tertiary/aromatic N) is 3. The Morgan fingerprint density at radius 3 is 2.66 bits per heavy atom. The van der Waals surface area contributed by atoms with Crippen molar-refractivity contribution in [2.45, 2.75) is 45.7 Å². The van der Waals surface area contributed by atoms with Gasteiger partial charge in [-0.1, -0.05) is 24.3 Å². The summed E-state index contributed by atoms with van der Waals surface area (Å²) in [7, 11) is 0. The minimum Gasteiger partial charge on any atom is -0.335 e. The van der Waals surface area contributed by atoms with Gasteiger partial charge in [0.1, 0.15) is 5.82 Å². The highest BCUT2D eigenvalue weighted by molar-refractivity contribution is 5.94. The molecule has 0 N–H and O–H groups in total. The van der Waals surface area contributed by atoms with Crippen LogP contribution in [-0.4, -0.2) is 33.2 Å². The number of halogens is 1. The van der Waals surface area contributed by atoms with Crippen molar-refractivity contribution in [1.82, 2.24) is 14.7 Å². The fourth-order valence-electron chi connectivity index (χ4n) is 4.23. The molecule has 0 aliphatic carbocycles. The van der Waals surface area contributed by atoms with Crippen LogP contribution >= 0.6 is 0 Å². The van der Waals surface area contributed by atoms with E-state index in [1.165, 1.54) is 6.07 Å². The zero-order valence-electron chi connectivity index (χ0n) is 16.9. The minimum absolute atomic E-state index is 0.0547. The van der Waals surface area contributed by atoms with Crippen molar-refractivity contribution in [2.24, 2.45) is 0 Å². The van der Waals surface area contributed by atoms with Crippen LogP contribution in [0.25, 0.3) is 0 Å². The molecule has 1 aromatic heterocycles. The van der Waals surface area contributed by atoms with Crippen molar-refractivity contribution >= 4 is 5.91 Å². The molecule has 4 nitrogen and oxygen atoms in total. The van der Waals surface area contributed by atoms with Crippen molar-refractivity contribution in [3.05, 3.63) is 88.5 Å². The molecule has 2 aromatic carbocycles. The van der Waals surface area contributed by atoms with Crippen LogP contribution in [-0.2, 0) is 13.0 Å². The number of carbonyl (C=O) groups is 1. The lowest BCUT2D eigenvalue weighted by atomic mass is 10.0. The maximum Gasteiger partial charge on any atom is 0.254 e. The maximum atomic E-state index is 13.5. The van der Waals surface area contributed by atoms with Gasteiger partial charge < -0.3 is 4.90 Å². The van der Waals surface area contributed by atoms with Crippen LogP contribution < -0.4 is 0 Å². The number of likely N-dealkylation sites (tertiary alicyclic amines) is 1.